The summed E-state index contributed by atoms with van der Waals surface area (Å²) in [5.74, 6) is 0.507. The second-order valence-electron chi connectivity index (χ2n) is 5.16. The van der Waals surface area contributed by atoms with Crippen LogP contribution in [0, 0.1) is 11.3 Å². The first kappa shape index (κ1) is 12.9. The van der Waals surface area contributed by atoms with E-state index >= 15 is 0 Å². The van der Waals surface area contributed by atoms with Crippen molar-refractivity contribution in [3.8, 4) is 0 Å². The fourth-order valence-electron chi connectivity index (χ4n) is 0.685. The summed E-state index contributed by atoms with van der Waals surface area (Å²) in [5.41, 5.74) is -0.0866. The van der Waals surface area contributed by atoms with Gasteiger partial charge in [0.25, 0.3) is 0 Å². The molecule has 0 aromatic rings. The highest BCUT2D eigenvalue weighted by molar-refractivity contribution is 4.72. The molecule has 0 heterocycles. The molecule has 0 aliphatic carbocycles. The molecular formula is C11H24O2. The average molecular weight is 188 g/mol. The quantitative estimate of drug-likeness (QED) is 0.734. The summed E-state index contributed by atoms with van der Waals surface area (Å²) in [6, 6.07) is 0. The molecule has 13 heavy (non-hydrogen) atoms. The molecule has 0 saturated carbocycles. The maximum Gasteiger partial charge on any atom is 0.0821 e. The molecule has 0 rings (SSSR count). The van der Waals surface area contributed by atoms with Gasteiger partial charge in [0.15, 0.2) is 0 Å². The van der Waals surface area contributed by atoms with Crippen LogP contribution >= 0.6 is 0 Å². The van der Waals surface area contributed by atoms with Crippen LogP contribution in [0.1, 0.15) is 41.5 Å². The topological polar surface area (TPSA) is 29.5 Å². The van der Waals surface area contributed by atoms with Crippen molar-refractivity contribution < 1.29 is 9.84 Å². The van der Waals surface area contributed by atoms with E-state index in [0.29, 0.717) is 12.5 Å². The van der Waals surface area contributed by atoms with E-state index < -0.39 is 0 Å². The largest absolute Gasteiger partial charge is 0.390 e. The van der Waals surface area contributed by atoms with Crippen molar-refractivity contribution in [3.63, 3.8) is 0 Å². The first-order chi connectivity index (χ1) is 5.75. The van der Waals surface area contributed by atoms with E-state index in [1.165, 1.54) is 0 Å². The van der Waals surface area contributed by atoms with Crippen molar-refractivity contribution >= 4 is 0 Å². The van der Waals surface area contributed by atoms with Gasteiger partial charge in [0, 0.05) is 0 Å². The van der Waals surface area contributed by atoms with Crippen LogP contribution in [-0.2, 0) is 4.74 Å². The Hall–Kier alpha value is -0.0800. The van der Waals surface area contributed by atoms with Crippen molar-refractivity contribution in [2.75, 3.05) is 6.61 Å². The fraction of sp³-hybridized carbons (Fsp3) is 1.00. The van der Waals surface area contributed by atoms with E-state index in [4.69, 9.17) is 4.74 Å². The second kappa shape index (κ2) is 4.97. The predicted molar refractivity (Wildman–Crippen MR) is 55.7 cm³/mol. The van der Waals surface area contributed by atoms with Crippen molar-refractivity contribution in [1.29, 1.82) is 0 Å². The monoisotopic (exact) mass is 188 g/mol. The molecule has 1 N–H and O–H groups in total. The molecule has 0 bridgehead atoms. The lowest BCUT2D eigenvalue weighted by Gasteiger charge is -2.27. The van der Waals surface area contributed by atoms with E-state index in [9.17, 15) is 5.11 Å². The van der Waals surface area contributed by atoms with E-state index in [1.807, 2.05) is 27.7 Å². The fourth-order valence-corrected chi connectivity index (χ4v) is 0.685. The van der Waals surface area contributed by atoms with Gasteiger partial charge in [-0.05, 0) is 18.3 Å². The van der Waals surface area contributed by atoms with Gasteiger partial charge in [-0.2, -0.15) is 0 Å². The van der Waals surface area contributed by atoms with Crippen molar-refractivity contribution in [3.05, 3.63) is 0 Å². The average Bonchev–Trinajstić information content (AvgIpc) is 1.97. The lowest BCUT2D eigenvalue weighted by atomic mass is 9.90. The SMILES string of the molecule is CC(C)C(C)OCC(O)C(C)(C)C. The third-order valence-electron chi connectivity index (χ3n) is 2.46. The number of rotatable bonds is 4. The van der Waals surface area contributed by atoms with E-state index in [0.717, 1.165) is 0 Å². The van der Waals surface area contributed by atoms with Crippen LogP contribution in [0.4, 0.5) is 0 Å². The minimum absolute atomic E-state index is 0.0866. The highest BCUT2D eigenvalue weighted by Gasteiger charge is 2.23. The molecular weight excluding hydrogens is 164 g/mol. The molecule has 0 radical (unpaired) electrons. The molecule has 0 aliphatic heterocycles. The summed E-state index contributed by atoms with van der Waals surface area (Å²) >= 11 is 0. The van der Waals surface area contributed by atoms with Gasteiger partial charge in [0.05, 0.1) is 18.8 Å². The number of hydrogen-bond donors (Lipinski definition) is 1. The Balaban J connectivity index is 3.77. The molecule has 0 spiro atoms. The Bertz CT molecular complexity index is 136. The van der Waals surface area contributed by atoms with Gasteiger partial charge in [-0.25, -0.2) is 0 Å². The third-order valence-corrected chi connectivity index (χ3v) is 2.46. The molecule has 2 atom stereocenters. The zero-order chi connectivity index (χ0) is 10.6. The molecule has 80 valence electrons. The number of aliphatic hydroxyl groups excluding tert-OH is 1. The molecule has 0 aliphatic rings. The Morgan fingerprint density at radius 3 is 1.92 bits per heavy atom. The summed E-state index contributed by atoms with van der Waals surface area (Å²) in [5, 5.41) is 9.69. The van der Waals surface area contributed by atoms with Gasteiger partial charge in [-0.15, -0.1) is 0 Å². The first-order valence-electron chi connectivity index (χ1n) is 5.04. The highest BCUT2D eigenvalue weighted by Crippen LogP contribution is 2.20. The summed E-state index contributed by atoms with van der Waals surface area (Å²) in [6.45, 7) is 12.8. The van der Waals surface area contributed by atoms with Gasteiger partial charge >= 0.3 is 0 Å². The van der Waals surface area contributed by atoms with Crippen LogP contribution in [0.15, 0.2) is 0 Å². The van der Waals surface area contributed by atoms with Crippen molar-refractivity contribution in [2.24, 2.45) is 11.3 Å². The predicted octanol–water partition coefficient (Wildman–Crippen LogP) is 2.45. The Kier molecular flexibility index (Phi) is 4.93. The molecule has 0 saturated heterocycles. The maximum atomic E-state index is 9.69. The van der Waals surface area contributed by atoms with Crippen molar-refractivity contribution in [1.82, 2.24) is 0 Å². The lowest BCUT2D eigenvalue weighted by Crippen LogP contribution is -2.33. The zero-order valence-corrected chi connectivity index (χ0v) is 9.79. The standard InChI is InChI=1S/C11H24O2/c1-8(2)9(3)13-7-10(12)11(4,5)6/h8-10,12H,7H2,1-6H3. The van der Waals surface area contributed by atoms with Crippen LogP contribution < -0.4 is 0 Å². The van der Waals surface area contributed by atoms with Gasteiger partial charge in [-0.1, -0.05) is 34.6 Å². The van der Waals surface area contributed by atoms with Gasteiger partial charge in [-0.3, -0.25) is 0 Å². The lowest BCUT2D eigenvalue weighted by molar-refractivity contribution is -0.0564. The van der Waals surface area contributed by atoms with Gasteiger partial charge < -0.3 is 9.84 Å². The van der Waals surface area contributed by atoms with Crippen LogP contribution in [0.25, 0.3) is 0 Å². The Morgan fingerprint density at radius 1 is 1.15 bits per heavy atom. The smallest absolute Gasteiger partial charge is 0.0821 e. The van der Waals surface area contributed by atoms with Gasteiger partial charge in [0.2, 0.25) is 0 Å². The highest BCUT2D eigenvalue weighted by atomic mass is 16.5. The van der Waals surface area contributed by atoms with Crippen molar-refractivity contribution in [2.45, 2.75) is 53.8 Å². The Labute approximate surface area is 82.3 Å². The minimum atomic E-state index is -0.381. The van der Waals surface area contributed by atoms with Crippen LogP contribution in [0.3, 0.4) is 0 Å². The molecule has 0 fully saturated rings. The summed E-state index contributed by atoms with van der Waals surface area (Å²) in [4.78, 5) is 0. The molecule has 0 aromatic heterocycles. The second-order valence-corrected chi connectivity index (χ2v) is 5.16. The third kappa shape index (κ3) is 5.27. The zero-order valence-electron chi connectivity index (χ0n) is 9.79. The number of hydrogen-bond acceptors (Lipinski definition) is 2. The van der Waals surface area contributed by atoms with E-state index in [2.05, 4.69) is 13.8 Å². The molecule has 2 heteroatoms. The van der Waals surface area contributed by atoms with E-state index in [-0.39, 0.29) is 17.6 Å². The molecule has 0 amide bonds. The van der Waals surface area contributed by atoms with Crippen LogP contribution in [0.5, 0.6) is 0 Å². The Morgan fingerprint density at radius 2 is 1.62 bits per heavy atom. The number of aliphatic hydroxyl groups is 1. The summed E-state index contributed by atoms with van der Waals surface area (Å²) in [7, 11) is 0. The van der Waals surface area contributed by atoms with Crippen LogP contribution in [0.2, 0.25) is 0 Å². The van der Waals surface area contributed by atoms with Gasteiger partial charge in [0.1, 0.15) is 0 Å². The first-order valence-corrected chi connectivity index (χ1v) is 5.04. The van der Waals surface area contributed by atoms with E-state index in [1.54, 1.807) is 0 Å². The normalized spacial score (nSPS) is 17.5. The molecule has 2 nitrogen and oxygen atoms in total. The summed E-state index contributed by atoms with van der Waals surface area (Å²) < 4.78 is 5.54. The summed E-state index contributed by atoms with van der Waals surface area (Å²) in [6.07, 6.45) is -0.161. The number of ether oxygens (including phenoxy) is 1. The molecule has 0 aromatic carbocycles. The van der Waals surface area contributed by atoms with Crippen LogP contribution in [-0.4, -0.2) is 23.9 Å². The maximum absolute atomic E-state index is 9.69. The molecule has 2 unspecified atom stereocenters. The minimum Gasteiger partial charge on any atom is -0.390 e.